The Morgan fingerprint density at radius 2 is 1.83 bits per heavy atom. The standard InChI is InChI=1S/C24H35N3O3/c1-6-30-15-7-12-27-23(28)21(20-9-8-17(2)16-18(20)3)22(24(27)29)26(5)19-10-13-25(4)14-11-19/h8-9,16,19H,6-7,10-15H2,1-5H3. The lowest BCUT2D eigenvalue weighted by Gasteiger charge is -2.36. The highest BCUT2D eigenvalue weighted by Gasteiger charge is 2.42. The third-order valence-corrected chi connectivity index (χ3v) is 6.26. The van der Waals surface area contributed by atoms with Gasteiger partial charge in [-0.05, 0) is 71.3 Å². The van der Waals surface area contributed by atoms with Crippen LogP contribution in [0, 0.1) is 13.8 Å². The molecule has 0 atom stereocenters. The number of rotatable bonds is 8. The van der Waals surface area contributed by atoms with Crippen molar-refractivity contribution in [3.8, 4) is 0 Å². The number of hydrogen-bond donors (Lipinski definition) is 0. The molecule has 164 valence electrons. The Balaban J connectivity index is 1.95. The highest BCUT2D eigenvalue weighted by molar-refractivity contribution is 6.35. The molecule has 1 aromatic rings. The summed E-state index contributed by atoms with van der Waals surface area (Å²) in [5.41, 5.74) is 4.14. The van der Waals surface area contributed by atoms with Crippen LogP contribution in [0.4, 0.5) is 0 Å². The number of amides is 2. The van der Waals surface area contributed by atoms with E-state index < -0.39 is 0 Å². The van der Waals surface area contributed by atoms with Gasteiger partial charge in [0.25, 0.3) is 11.8 Å². The highest BCUT2D eigenvalue weighted by Crippen LogP contribution is 2.35. The van der Waals surface area contributed by atoms with E-state index in [1.54, 1.807) is 0 Å². The Labute approximate surface area is 180 Å². The zero-order valence-electron chi connectivity index (χ0n) is 19.0. The zero-order chi connectivity index (χ0) is 21.8. The predicted molar refractivity (Wildman–Crippen MR) is 119 cm³/mol. The fraction of sp³-hybridized carbons (Fsp3) is 0.583. The molecule has 2 aliphatic heterocycles. The van der Waals surface area contributed by atoms with Gasteiger partial charge in [0.15, 0.2) is 0 Å². The summed E-state index contributed by atoms with van der Waals surface area (Å²) in [6, 6.07) is 6.33. The van der Waals surface area contributed by atoms with E-state index in [4.69, 9.17) is 4.74 Å². The molecular weight excluding hydrogens is 378 g/mol. The quantitative estimate of drug-likeness (QED) is 0.485. The number of carbonyl (C=O) groups excluding carboxylic acids is 2. The van der Waals surface area contributed by atoms with Crippen molar-refractivity contribution in [2.24, 2.45) is 0 Å². The molecule has 2 amide bonds. The number of hydrogen-bond acceptors (Lipinski definition) is 5. The second-order valence-electron chi connectivity index (χ2n) is 8.50. The first-order valence-corrected chi connectivity index (χ1v) is 11.0. The summed E-state index contributed by atoms with van der Waals surface area (Å²) >= 11 is 0. The summed E-state index contributed by atoms with van der Waals surface area (Å²) in [7, 11) is 4.10. The van der Waals surface area contributed by atoms with E-state index >= 15 is 0 Å². The number of likely N-dealkylation sites (tertiary alicyclic amines) is 1. The van der Waals surface area contributed by atoms with Crippen LogP contribution in [0.5, 0.6) is 0 Å². The van der Waals surface area contributed by atoms with Gasteiger partial charge in [-0.15, -0.1) is 0 Å². The fourth-order valence-electron chi connectivity index (χ4n) is 4.46. The smallest absolute Gasteiger partial charge is 0.277 e. The molecule has 0 N–H and O–H groups in total. The molecule has 0 aromatic heterocycles. The van der Waals surface area contributed by atoms with Crippen LogP contribution >= 0.6 is 0 Å². The number of ether oxygens (including phenoxy) is 1. The lowest BCUT2D eigenvalue weighted by Crippen LogP contribution is -2.43. The molecule has 0 spiro atoms. The molecule has 1 fully saturated rings. The maximum absolute atomic E-state index is 13.4. The monoisotopic (exact) mass is 413 g/mol. The largest absolute Gasteiger partial charge is 0.382 e. The van der Waals surface area contributed by atoms with Crippen LogP contribution in [0.1, 0.15) is 42.9 Å². The molecule has 0 bridgehead atoms. The maximum atomic E-state index is 13.4. The van der Waals surface area contributed by atoms with Gasteiger partial charge in [0.2, 0.25) is 0 Å². The van der Waals surface area contributed by atoms with Crippen LogP contribution in [0.2, 0.25) is 0 Å². The first-order chi connectivity index (χ1) is 14.3. The van der Waals surface area contributed by atoms with Crippen molar-refractivity contribution in [1.29, 1.82) is 0 Å². The minimum atomic E-state index is -0.182. The maximum Gasteiger partial charge on any atom is 0.277 e. The van der Waals surface area contributed by atoms with Crippen LogP contribution in [0.15, 0.2) is 23.9 Å². The van der Waals surface area contributed by atoms with Crippen LogP contribution in [0.25, 0.3) is 5.57 Å². The van der Waals surface area contributed by atoms with Crippen molar-refractivity contribution >= 4 is 17.4 Å². The Morgan fingerprint density at radius 3 is 2.47 bits per heavy atom. The molecule has 6 heteroatoms. The molecule has 6 nitrogen and oxygen atoms in total. The van der Waals surface area contributed by atoms with Gasteiger partial charge in [-0.1, -0.05) is 23.8 Å². The topological polar surface area (TPSA) is 53.1 Å². The first kappa shape index (κ1) is 22.5. The molecular formula is C24H35N3O3. The van der Waals surface area contributed by atoms with E-state index in [2.05, 4.69) is 22.9 Å². The molecule has 0 aliphatic carbocycles. The molecule has 1 aromatic carbocycles. The van der Waals surface area contributed by atoms with Gasteiger partial charge in [0.1, 0.15) is 5.70 Å². The van der Waals surface area contributed by atoms with E-state index in [-0.39, 0.29) is 17.9 Å². The Kier molecular flexibility index (Phi) is 7.32. The summed E-state index contributed by atoms with van der Waals surface area (Å²) in [5, 5.41) is 0. The molecule has 3 rings (SSSR count). The predicted octanol–water partition coefficient (Wildman–Crippen LogP) is 2.84. The van der Waals surface area contributed by atoms with E-state index in [1.165, 1.54) is 4.90 Å². The van der Waals surface area contributed by atoms with E-state index in [0.717, 1.165) is 42.6 Å². The van der Waals surface area contributed by atoms with Crippen molar-refractivity contribution in [2.75, 3.05) is 46.9 Å². The van der Waals surface area contributed by atoms with Gasteiger partial charge >= 0.3 is 0 Å². The lowest BCUT2D eigenvalue weighted by atomic mass is 9.96. The van der Waals surface area contributed by atoms with Gasteiger partial charge < -0.3 is 14.5 Å². The average Bonchev–Trinajstić information content (AvgIpc) is 2.95. The Morgan fingerprint density at radius 1 is 1.13 bits per heavy atom. The first-order valence-electron chi connectivity index (χ1n) is 11.0. The van der Waals surface area contributed by atoms with Crippen molar-refractivity contribution in [1.82, 2.24) is 14.7 Å². The van der Waals surface area contributed by atoms with Crippen LogP contribution in [0.3, 0.4) is 0 Å². The SMILES string of the molecule is CCOCCCN1C(=O)C(c2ccc(C)cc2C)=C(N(C)C2CCN(C)CC2)C1=O. The molecule has 30 heavy (non-hydrogen) atoms. The normalized spacial score (nSPS) is 18.6. The molecule has 2 heterocycles. The fourth-order valence-corrected chi connectivity index (χ4v) is 4.46. The summed E-state index contributed by atoms with van der Waals surface area (Å²) in [4.78, 5) is 32.7. The molecule has 0 radical (unpaired) electrons. The average molecular weight is 414 g/mol. The Bertz CT molecular complexity index is 825. The summed E-state index contributed by atoms with van der Waals surface area (Å²) < 4.78 is 5.41. The lowest BCUT2D eigenvalue weighted by molar-refractivity contribution is -0.137. The third-order valence-electron chi connectivity index (χ3n) is 6.26. The minimum absolute atomic E-state index is 0.173. The van der Waals surface area contributed by atoms with E-state index in [1.807, 2.05) is 40.0 Å². The number of likely N-dealkylation sites (N-methyl/N-ethyl adjacent to an activating group) is 1. The van der Waals surface area contributed by atoms with Crippen molar-refractivity contribution < 1.29 is 14.3 Å². The second kappa shape index (κ2) is 9.75. The molecule has 0 saturated carbocycles. The summed E-state index contributed by atoms with van der Waals surface area (Å²) in [6.45, 7) is 9.57. The van der Waals surface area contributed by atoms with Gasteiger partial charge in [0.05, 0.1) is 5.57 Å². The minimum Gasteiger partial charge on any atom is -0.382 e. The number of carbonyl (C=O) groups is 2. The van der Waals surface area contributed by atoms with Gasteiger partial charge in [-0.2, -0.15) is 0 Å². The highest BCUT2D eigenvalue weighted by atomic mass is 16.5. The van der Waals surface area contributed by atoms with Crippen molar-refractivity contribution in [3.63, 3.8) is 0 Å². The van der Waals surface area contributed by atoms with Crippen LogP contribution in [-0.2, 0) is 14.3 Å². The van der Waals surface area contributed by atoms with E-state index in [0.29, 0.717) is 37.4 Å². The van der Waals surface area contributed by atoms with Gasteiger partial charge in [0, 0.05) is 32.8 Å². The molecule has 1 saturated heterocycles. The number of nitrogens with zero attached hydrogens (tertiary/aromatic N) is 3. The van der Waals surface area contributed by atoms with Crippen LogP contribution in [-0.4, -0.2) is 79.5 Å². The van der Waals surface area contributed by atoms with Crippen LogP contribution < -0.4 is 0 Å². The number of imide groups is 1. The molecule has 2 aliphatic rings. The number of aryl methyl sites for hydroxylation is 2. The summed E-state index contributed by atoms with van der Waals surface area (Å²) in [6.07, 6.45) is 2.63. The third kappa shape index (κ3) is 4.60. The Hall–Kier alpha value is -2.18. The van der Waals surface area contributed by atoms with Crippen molar-refractivity contribution in [3.05, 3.63) is 40.6 Å². The van der Waals surface area contributed by atoms with Gasteiger partial charge in [-0.3, -0.25) is 14.5 Å². The number of piperidine rings is 1. The van der Waals surface area contributed by atoms with Crippen molar-refractivity contribution in [2.45, 2.75) is 46.1 Å². The zero-order valence-corrected chi connectivity index (χ0v) is 19.0. The summed E-state index contributed by atoms with van der Waals surface area (Å²) in [5.74, 6) is -0.355. The second-order valence-corrected chi connectivity index (χ2v) is 8.50. The number of benzene rings is 1. The molecule has 0 unspecified atom stereocenters. The van der Waals surface area contributed by atoms with E-state index in [9.17, 15) is 9.59 Å². The van der Waals surface area contributed by atoms with Gasteiger partial charge in [-0.25, -0.2) is 0 Å².